The van der Waals surface area contributed by atoms with Crippen LogP contribution in [0, 0.1) is 20.8 Å². The molecule has 0 radical (unpaired) electrons. The van der Waals surface area contributed by atoms with Gasteiger partial charge in [-0.3, -0.25) is 9.20 Å². The number of hydrogen-bond donors (Lipinski definition) is 1. The molecule has 5 aromatic rings. The summed E-state index contributed by atoms with van der Waals surface area (Å²) in [5.74, 6) is 0.836. The number of amides is 1. The summed E-state index contributed by atoms with van der Waals surface area (Å²) in [6.07, 6.45) is 0. The van der Waals surface area contributed by atoms with Gasteiger partial charge < -0.3 is 10.1 Å². The topological polar surface area (TPSA) is 81.4 Å². The second-order valence-corrected chi connectivity index (χ2v) is 9.64. The van der Waals surface area contributed by atoms with Crippen molar-refractivity contribution < 1.29 is 9.53 Å². The fourth-order valence-electron chi connectivity index (χ4n) is 3.88. The lowest BCUT2D eigenvalue weighted by atomic mass is 10.0. The first kappa shape index (κ1) is 20.7. The monoisotopic (exact) mass is 463 g/mol. The van der Waals surface area contributed by atoms with E-state index in [9.17, 15) is 4.79 Å². The van der Waals surface area contributed by atoms with Crippen molar-refractivity contribution in [3.8, 4) is 5.75 Å². The number of pyridine rings is 1. The van der Waals surface area contributed by atoms with Gasteiger partial charge in [-0.1, -0.05) is 34.7 Å². The second kappa shape index (κ2) is 8.07. The highest BCUT2D eigenvalue weighted by Gasteiger charge is 2.16. The fraction of sp³-hybridized carbons (Fsp3) is 0.217. The molecule has 3 aromatic heterocycles. The maximum atomic E-state index is 12.6. The Morgan fingerprint density at radius 3 is 2.78 bits per heavy atom. The zero-order valence-corrected chi connectivity index (χ0v) is 19.7. The third-order valence-corrected chi connectivity index (χ3v) is 7.13. The minimum atomic E-state index is -0.137. The van der Waals surface area contributed by atoms with E-state index in [0.29, 0.717) is 10.3 Å². The summed E-state index contributed by atoms with van der Waals surface area (Å²) in [6.45, 7) is 6.28. The van der Waals surface area contributed by atoms with E-state index in [1.165, 1.54) is 34.0 Å². The molecule has 1 amide bonds. The number of anilines is 1. The molecule has 3 heterocycles. The zero-order valence-electron chi connectivity index (χ0n) is 18.1. The molecule has 0 fully saturated rings. The smallest absolute Gasteiger partial charge is 0.236 e. The first-order valence-corrected chi connectivity index (χ1v) is 11.9. The maximum absolute atomic E-state index is 12.6. The first-order chi connectivity index (χ1) is 15.4. The van der Waals surface area contributed by atoms with E-state index in [2.05, 4.69) is 53.4 Å². The van der Waals surface area contributed by atoms with Gasteiger partial charge in [-0.15, -0.1) is 10.2 Å². The molecule has 0 aliphatic heterocycles. The third-order valence-electron chi connectivity index (χ3n) is 5.27. The van der Waals surface area contributed by atoms with Crippen LogP contribution in [0.1, 0.15) is 16.7 Å². The average molecular weight is 464 g/mol. The number of methoxy groups -OCH3 is 1. The highest BCUT2D eigenvalue weighted by Crippen LogP contribution is 2.31. The van der Waals surface area contributed by atoms with Gasteiger partial charge in [0.25, 0.3) is 0 Å². The van der Waals surface area contributed by atoms with Crippen molar-refractivity contribution in [2.75, 3.05) is 18.2 Å². The highest BCUT2D eigenvalue weighted by molar-refractivity contribution is 7.99. The van der Waals surface area contributed by atoms with Crippen LogP contribution in [0.3, 0.4) is 0 Å². The van der Waals surface area contributed by atoms with Gasteiger partial charge in [-0.05, 0) is 62.2 Å². The Hall–Kier alpha value is -3.17. The molecular weight excluding hydrogens is 442 g/mol. The Balaban J connectivity index is 1.39. The summed E-state index contributed by atoms with van der Waals surface area (Å²) >= 11 is 2.79. The Morgan fingerprint density at radius 1 is 1.12 bits per heavy atom. The van der Waals surface area contributed by atoms with Crippen LogP contribution in [-0.2, 0) is 4.79 Å². The van der Waals surface area contributed by atoms with Crippen LogP contribution in [0.15, 0.2) is 41.6 Å². The Kier molecular flexibility index (Phi) is 5.22. The van der Waals surface area contributed by atoms with Gasteiger partial charge in [0.05, 0.1) is 28.6 Å². The molecule has 162 valence electrons. The number of hydrogen-bond acceptors (Lipinski definition) is 7. The van der Waals surface area contributed by atoms with Crippen molar-refractivity contribution >= 4 is 60.9 Å². The number of thiazole rings is 1. The van der Waals surface area contributed by atoms with Crippen molar-refractivity contribution in [1.29, 1.82) is 0 Å². The van der Waals surface area contributed by atoms with Crippen LogP contribution in [0.4, 0.5) is 5.13 Å². The number of fused-ring (bicyclic) bond motifs is 4. The number of rotatable bonds is 5. The van der Waals surface area contributed by atoms with Crippen molar-refractivity contribution in [3.05, 3.63) is 53.1 Å². The van der Waals surface area contributed by atoms with Gasteiger partial charge in [0.1, 0.15) is 5.75 Å². The predicted molar refractivity (Wildman–Crippen MR) is 130 cm³/mol. The van der Waals surface area contributed by atoms with Gasteiger partial charge in [0.15, 0.2) is 15.9 Å². The first-order valence-electron chi connectivity index (χ1n) is 10.1. The summed E-state index contributed by atoms with van der Waals surface area (Å²) in [5.41, 5.74) is 6.23. The van der Waals surface area contributed by atoms with E-state index < -0.39 is 0 Å². The lowest BCUT2D eigenvalue weighted by Gasteiger charge is -2.11. The van der Waals surface area contributed by atoms with Crippen LogP contribution in [0.5, 0.6) is 5.75 Å². The lowest BCUT2D eigenvalue weighted by molar-refractivity contribution is -0.113. The van der Waals surface area contributed by atoms with Crippen molar-refractivity contribution in [2.45, 2.75) is 25.9 Å². The van der Waals surface area contributed by atoms with Gasteiger partial charge in [0, 0.05) is 5.39 Å². The van der Waals surface area contributed by atoms with Crippen molar-refractivity contribution in [2.24, 2.45) is 0 Å². The largest absolute Gasteiger partial charge is 0.497 e. The zero-order chi connectivity index (χ0) is 22.4. The Labute approximate surface area is 192 Å². The molecule has 0 saturated carbocycles. The molecule has 0 bridgehead atoms. The van der Waals surface area contributed by atoms with Gasteiger partial charge in [-0.25, -0.2) is 4.98 Å². The number of ether oxygens (including phenoxy) is 1. The third kappa shape index (κ3) is 3.67. The summed E-state index contributed by atoms with van der Waals surface area (Å²) in [7, 11) is 1.63. The average Bonchev–Trinajstić information content (AvgIpc) is 3.34. The normalized spacial score (nSPS) is 11.5. The number of nitrogens with one attached hydrogen (secondary N) is 1. The SMILES string of the molecule is COc1ccc2nc(NC(=O)CSc3nnc4cc(C)c5cc(C)cc(C)c5n34)sc2c1. The summed E-state index contributed by atoms with van der Waals surface area (Å²) in [6, 6.07) is 12.0. The molecule has 0 atom stereocenters. The number of carbonyl (C=O) groups excluding carboxylic acids is 1. The molecule has 7 nitrogen and oxygen atoms in total. The molecular formula is C23H21N5O2S2. The summed E-state index contributed by atoms with van der Waals surface area (Å²) < 4.78 is 8.26. The molecule has 5 rings (SSSR count). The minimum absolute atomic E-state index is 0.137. The van der Waals surface area contributed by atoms with Crippen LogP contribution in [0.2, 0.25) is 0 Å². The summed E-state index contributed by atoms with van der Waals surface area (Å²) in [4.78, 5) is 17.1. The minimum Gasteiger partial charge on any atom is -0.497 e. The number of nitrogens with zero attached hydrogens (tertiary/aromatic N) is 4. The number of aromatic nitrogens is 4. The van der Waals surface area contributed by atoms with Crippen LogP contribution < -0.4 is 10.1 Å². The Morgan fingerprint density at radius 2 is 1.97 bits per heavy atom. The van der Waals surface area contributed by atoms with Crippen molar-refractivity contribution in [1.82, 2.24) is 19.6 Å². The van der Waals surface area contributed by atoms with Crippen molar-refractivity contribution in [3.63, 3.8) is 0 Å². The molecule has 0 aliphatic carbocycles. The van der Waals surface area contributed by atoms with Crippen LogP contribution in [-0.4, -0.2) is 38.4 Å². The van der Waals surface area contributed by atoms with Gasteiger partial charge in [-0.2, -0.15) is 0 Å². The maximum Gasteiger partial charge on any atom is 0.236 e. The molecule has 2 aromatic carbocycles. The van der Waals surface area contributed by atoms with Gasteiger partial charge >= 0.3 is 0 Å². The number of thioether (sulfide) groups is 1. The molecule has 9 heteroatoms. The molecule has 0 saturated heterocycles. The van der Waals surface area contributed by atoms with E-state index in [4.69, 9.17) is 4.74 Å². The highest BCUT2D eigenvalue weighted by atomic mass is 32.2. The number of benzene rings is 2. The fourth-order valence-corrected chi connectivity index (χ4v) is 5.53. The molecule has 0 unspecified atom stereocenters. The quantitative estimate of drug-likeness (QED) is 0.363. The van der Waals surface area contributed by atoms with E-state index in [-0.39, 0.29) is 11.7 Å². The van der Waals surface area contributed by atoms with Crippen LogP contribution >= 0.6 is 23.1 Å². The molecule has 1 N–H and O–H groups in total. The standard InChI is InChI=1S/C23H21N5O2S2/c1-12-7-14(3)21-16(8-12)13(2)9-19-26-27-23(28(19)21)31-11-20(29)25-22-24-17-6-5-15(30-4)10-18(17)32-22/h5-10H,11H2,1-4H3,(H,24,25,29). The molecule has 32 heavy (non-hydrogen) atoms. The molecule has 0 aliphatic rings. The predicted octanol–water partition coefficient (Wildman–Crippen LogP) is 5.16. The van der Waals surface area contributed by atoms with E-state index in [1.54, 1.807) is 7.11 Å². The number of aryl methyl sites for hydroxylation is 3. The lowest BCUT2D eigenvalue weighted by Crippen LogP contribution is -2.14. The summed E-state index contributed by atoms with van der Waals surface area (Å²) in [5, 5.41) is 14.0. The van der Waals surface area contributed by atoms with Crippen LogP contribution in [0.25, 0.3) is 26.8 Å². The number of carbonyl (C=O) groups is 1. The van der Waals surface area contributed by atoms with E-state index >= 15 is 0 Å². The van der Waals surface area contributed by atoms with E-state index in [0.717, 1.165) is 38.3 Å². The van der Waals surface area contributed by atoms with E-state index in [1.807, 2.05) is 28.7 Å². The van der Waals surface area contributed by atoms with Gasteiger partial charge in [0.2, 0.25) is 5.91 Å². The second-order valence-electron chi connectivity index (χ2n) is 7.67. The Bertz CT molecular complexity index is 1510. The molecule has 0 spiro atoms.